The second-order valence-electron chi connectivity index (χ2n) is 6.41. The summed E-state index contributed by atoms with van der Waals surface area (Å²) < 4.78 is 25.3. The van der Waals surface area contributed by atoms with Crippen LogP contribution in [0.1, 0.15) is 46.0 Å². The summed E-state index contributed by atoms with van der Waals surface area (Å²) >= 11 is 0. The van der Waals surface area contributed by atoms with Crippen LogP contribution in [0.2, 0.25) is 0 Å². The molecule has 2 aliphatic rings. The Balaban J connectivity index is 0.00000264. The van der Waals surface area contributed by atoms with Crippen LogP contribution in [0, 0.1) is 5.41 Å². The first-order valence-corrected chi connectivity index (χ1v) is 10.2. The van der Waals surface area contributed by atoms with Crippen LogP contribution >= 0.6 is 24.0 Å². The van der Waals surface area contributed by atoms with Crippen molar-refractivity contribution in [2.24, 2.45) is 10.4 Å². The zero-order valence-corrected chi connectivity index (χ0v) is 17.5. The molecule has 8 heteroatoms. The first-order chi connectivity index (χ1) is 10.5. The number of guanidine groups is 1. The monoisotopic (exact) mass is 458 g/mol. The number of likely N-dealkylation sites (tertiary alicyclic amines) is 1. The van der Waals surface area contributed by atoms with Crippen molar-refractivity contribution in [1.82, 2.24) is 14.9 Å². The summed E-state index contributed by atoms with van der Waals surface area (Å²) in [5.41, 5.74) is 0.562. The van der Waals surface area contributed by atoms with E-state index in [0.29, 0.717) is 18.5 Å². The zero-order chi connectivity index (χ0) is 16.1. The van der Waals surface area contributed by atoms with E-state index < -0.39 is 10.0 Å². The molecule has 1 aliphatic carbocycles. The molecule has 136 valence electrons. The third-order valence-corrected chi connectivity index (χ3v) is 6.19. The van der Waals surface area contributed by atoms with Crippen molar-refractivity contribution in [3.8, 4) is 0 Å². The highest BCUT2D eigenvalue weighted by molar-refractivity contribution is 14.0. The number of nitrogens with zero attached hydrogens (tertiary/aromatic N) is 2. The van der Waals surface area contributed by atoms with E-state index >= 15 is 0 Å². The number of aliphatic imine (C=N–C) groups is 1. The SMILES string of the molecule is CCNC(=NCCCNS(=O)(=O)CC)N1CCC2(CCC2)C1.I. The molecule has 1 saturated heterocycles. The highest BCUT2D eigenvalue weighted by atomic mass is 127. The Labute approximate surface area is 157 Å². The number of hydrogen-bond acceptors (Lipinski definition) is 3. The van der Waals surface area contributed by atoms with Crippen molar-refractivity contribution in [2.75, 3.05) is 38.5 Å². The summed E-state index contributed by atoms with van der Waals surface area (Å²) in [6.07, 6.45) is 6.11. The van der Waals surface area contributed by atoms with Gasteiger partial charge in [0.25, 0.3) is 0 Å². The summed E-state index contributed by atoms with van der Waals surface area (Å²) in [6.45, 7) is 7.93. The highest BCUT2D eigenvalue weighted by Crippen LogP contribution is 2.47. The second-order valence-corrected chi connectivity index (χ2v) is 8.51. The Morgan fingerprint density at radius 3 is 2.52 bits per heavy atom. The zero-order valence-electron chi connectivity index (χ0n) is 14.3. The lowest BCUT2D eigenvalue weighted by Crippen LogP contribution is -2.42. The molecule has 6 nitrogen and oxygen atoms in total. The Hall–Kier alpha value is -0.0900. The minimum atomic E-state index is -3.08. The maximum absolute atomic E-state index is 11.4. The first-order valence-electron chi connectivity index (χ1n) is 8.51. The minimum Gasteiger partial charge on any atom is -0.357 e. The molecule has 0 aromatic heterocycles. The van der Waals surface area contributed by atoms with Crippen molar-refractivity contribution >= 4 is 40.0 Å². The van der Waals surface area contributed by atoms with E-state index in [4.69, 9.17) is 0 Å². The van der Waals surface area contributed by atoms with Crippen LogP contribution in [0.4, 0.5) is 0 Å². The lowest BCUT2D eigenvalue weighted by Gasteiger charge is -2.38. The van der Waals surface area contributed by atoms with E-state index in [2.05, 4.69) is 26.9 Å². The summed E-state index contributed by atoms with van der Waals surface area (Å²) in [5, 5.41) is 3.37. The average molecular weight is 458 g/mol. The van der Waals surface area contributed by atoms with Crippen molar-refractivity contribution in [1.29, 1.82) is 0 Å². The van der Waals surface area contributed by atoms with Gasteiger partial charge in [-0.3, -0.25) is 4.99 Å². The van der Waals surface area contributed by atoms with Crippen LogP contribution in [-0.4, -0.2) is 57.8 Å². The fourth-order valence-corrected chi connectivity index (χ4v) is 3.88. The predicted molar refractivity (Wildman–Crippen MR) is 106 cm³/mol. The van der Waals surface area contributed by atoms with E-state index in [-0.39, 0.29) is 29.7 Å². The van der Waals surface area contributed by atoms with Gasteiger partial charge in [-0.1, -0.05) is 6.42 Å². The van der Waals surface area contributed by atoms with Gasteiger partial charge in [0.2, 0.25) is 10.0 Å². The molecule has 1 aliphatic heterocycles. The van der Waals surface area contributed by atoms with E-state index in [0.717, 1.165) is 32.0 Å². The van der Waals surface area contributed by atoms with Crippen molar-refractivity contribution in [3.05, 3.63) is 0 Å². The molecular formula is C15H31IN4O2S. The predicted octanol–water partition coefficient (Wildman–Crippen LogP) is 1.78. The Kier molecular flexibility index (Phi) is 8.57. The smallest absolute Gasteiger partial charge is 0.211 e. The number of nitrogens with one attached hydrogen (secondary N) is 2. The molecule has 0 aromatic rings. The van der Waals surface area contributed by atoms with Crippen molar-refractivity contribution in [3.63, 3.8) is 0 Å². The lowest BCUT2D eigenvalue weighted by atomic mass is 9.68. The van der Waals surface area contributed by atoms with Gasteiger partial charge in [0.15, 0.2) is 5.96 Å². The normalized spacial score (nSPS) is 20.3. The molecule has 2 fully saturated rings. The fraction of sp³-hybridized carbons (Fsp3) is 0.933. The number of hydrogen-bond donors (Lipinski definition) is 2. The Morgan fingerprint density at radius 2 is 2.00 bits per heavy atom. The van der Waals surface area contributed by atoms with Gasteiger partial charge in [0.1, 0.15) is 0 Å². The summed E-state index contributed by atoms with van der Waals surface area (Å²) in [5.74, 6) is 1.12. The molecule has 0 atom stereocenters. The molecule has 23 heavy (non-hydrogen) atoms. The fourth-order valence-electron chi connectivity index (χ4n) is 3.22. The van der Waals surface area contributed by atoms with Crippen LogP contribution in [-0.2, 0) is 10.0 Å². The third kappa shape index (κ3) is 6.04. The molecule has 0 amide bonds. The van der Waals surface area contributed by atoms with Gasteiger partial charge in [-0.25, -0.2) is 13.1 Å². The van der Waals surface area contributed by atoms with Gasteiger partial charge in [0, 0.05) is 32.7 Å². The molecular weight excluding hydrogens is 427 g/mol. The van der Waals surface area contributed by atoms with E-state index in [9.17, 15) is 8.42 Å². The molecule has 2 rings (SSSR count). The van der Waals surface area contributed by atoms with Crippen molar-refractivity contribution in [2.45, 2.75) is 46.0 Å². The van der Waals surface area contributed by atoms with Gasteiger partial charge >= 0.3 is 0 Å². The van der Waals surface area contributed by atoms with Gasteiger partial charge in [0.05, 0.1) is 5.75 Å². The molecule has 0 aromatic carbocycles. The van der Waals surface area contributed by atoms with E-state index in [1.807, 2.05) is 0 Å². The molecule has 0 bridgehead atoms. The summed E-state index contributed by atoms with van der Waals surface area (Å²) in [4.78, 5) is 7.04. The van der Waals surface area contributed by atoms with Crippen molar-refractivity contribution < 1.29 is 8.42 Å². The Morgan fingerprint density at radius 1 is 1.26 bits per heavy atom. The van der Waals surface area contributed by atoms with Crippen LogP contribution in [0.3, 0.4) is 0 Å². The topological polar surface area (TPSA) is 73.8 Å². The van der Waals surface area contributed by atoms with Gasteiger partial charge in [-0.2, -0.15) is 0 Å². The molecule has 1 saturated carbocycles. The van der Waals surface area contributed by atoms with Crippen LogP contribution in [0.25, 0.3) is 0 Å². The maximum atomic E-state index is 11.4. The highest BCUT2D eigenvalue weighted by Gasteiger charge is 2.43. The molecule has 2 N–H and O–H groups in total. The maximum Gasteiger partial charge on any atom is 0.211 e. The standard InChI is InChI=1S/C15H30N4O2S.HI/c1-3-16-14(17-10-6-11-18-22(20,21)4-2)19-12-9-15(13-19)7-5-8-15;/h18H,3-13H2,1-2H3,(H,16,17);1H. The molecule has 0 radical (unpaired) electrons. The molecule has 1 heterocycles. The van der Waals surface area contributed by atoms with Crippen LogP contribution in [0.15, 0.2) is 4.99 Å². The summed E-state index contributed by atoms with van der Waals surface area (Å²) in [6, 6.07) is 0. The Bertz CT molecular complexity index is 492. The third-order valence-electron chi connectivity index (χ3n) is 4.79. The second kappa shape index (κ2) is 9.41. The number of halogens is 1. The minimum absolute atomic E-state index is 0. The van der Waals surface area contributed by atoms with E-state index in [1.165, 1.54) is 25.7 Å². The lowest BCUT2D eigenvalue weighted by molar-refractivity contribution is 0.151. The number of rotatable bonds is 7. The van der Waals surface area contributed by atoms with Gasteiger partial charge in [-0.05, 0) is 44.9 Å². The largest absolute Gasteiger partial charge is 0.357 e. The number of sulfonamides is 1. The van der Waals surface area contributed by atoms with Crippen LogP contribution < -0.4 is 10.0 Å². The van der Waals surface area contributed by atoms with Gasteiger partial charge in [-0.15, -0.1) is 24.0 Å². The van der Waals surface area contributed by atoms with E-state index in [1.54, 1.807) is 6.92 Å². The molecule has 1 spiro atoms. The first kappa shape index (κ1) is 21.0. The quantitative estimate of drug-likeness (QED) is 0.264. The van der Waals surface area contributed by atoms with Gasteiger partial charge < -0.3 is 10.2 Å². The summed E-state index contributed by atoms with van der Waals surface area (Å²) in [7, 11) is -3.08. The molecule has 0 unspecified atom stereocenters. The average Bonchev–Trinajstić information content (AvgIpc) is 2.91. The van der Waals surface area contributed by atoms with Crippen LogP contribution in [0.5, 0.6) is 0 Å².